The predicted molar refractivity (Wildman–Crippen MR) is 76.1 cm³/mol. The summed E-state index contributed by atoms with van der Waals surface area (Å²) in [7, 11) is 0. The Morgan fingerprint density at radius 2 is 1.50 bits per heavy atom. The molecule has 1 aliphatic rings. The minimum absolute atomic E-state index is 0.189. The Labute approximate surface area is 114 Å². The summed E-state index contributed by atoms with van der Waals surface area (Å²) in [6, 6.07) is 14.4. The van der Waals surface area contributed by atoms with Crippen LogP contribution >= 0.6 is 0 Å². The van der Waals surface area contributed by atoms with Gasteiger partial charge in [-0.15, -0.1) is 0 Å². The molecule has 20 heavy (non-hydrogen) atoms. The molecule has 3 nitrogen and oxygen atoms in total. The van der Waals surface area contributed by atoms with E-state index in [1.54, 1.807) is 12.1 Å². The van der Waals surface area contributed by atoms with E-state index >= 15 is 0 Å². The fraction of sp³-hybridized carbons (Fsp3) is 0. The summed E-state index contributed by atoms with van der Waals surface area (Å²) in [5.74, 6) is -0.862. The summed E-state index contributed by atoms with van der Waals surface area (Å²) in [5.41, 5.74) is 2.51. The molecule has 3 aromatic rings. The van der Waals surface area contributed by atoms with Gasteiger partial charge in [-0.1, -0.05) is 42.5 Å². The van der Waals surface area contributed by atoms with Gasteiger partial charge in [-0.2, -0.15) is 0 Å². The van der Waals surface area contributed by atoms with E-state index in [9.17, 15) is 15.0 Å². The molecule has 3 aromatic carbocycles. The van der Waals surface area contributed by atoms with Gasteiger partial charge in [0.25, 0.3) is 0 Å². The Morgan fingerprint density at radius 3 is 2.30 bits per heavy atom. The van der Waals surface area contributed by atoms with E-state index in [0.717, 1.165) is 16.5 Å². The zero-order valence-corrected chi connectivity index (χ0v) is 10.4. The van der Waals surface area contributed by atoms with Crippen molar-refractivity contribution >= 4 is 16.6 Å². The van der Waals surface area contributed by atoms with Gasteiger partial charge >= 0.3 is 0 Å². The molecule has 0 unspecified atom stereocenters. The smallest absolute Gasteiger partial charge is 0.198 e. The van der Waals surface area contributed by atoms with Gasteiger partial charge < -0.3 is 10.2 Å². The summed E-state index contributed by atoms with van der Waals surface area (Å²) in [5, 5.41) is 21.3. The molecule has 1 aliphatic carbocycles. The van der Waals surface area contributed by atoms with Crippen LogP contribution in [0.1, 0.15) is 15.9 Å². The first kappa shape index (κ1) is 11.1. The number of hydrogen-bond acceptors (Lipinski definition) is 3. The Morgan fingerprint density at radius 1 is 0.800 bits per heavy atom. The summed E-state index contributed by atoms with van der Waals surface area (Å²) in [6.07, 6.45) is 0. The molecule has 3 heteroatoms. The average molecular weight is 262 g/mol. The van der Waals surface area contributed by atoms with E-state index in [0.29, 0.717) is 10.9 Å². The maximum atomic E-state index is 12.6. The lowest BCUT2D eigenvalue weighted by Crippen LogP contribution is -2.10. The molecule has 0 saturated heterocycles. The fourth-order valence-electron chi connectivity index (χ4n) is 2.93. The quantitative estimate of drug-likeness (QED) is 0.477. The molecule has 0 bridgehead atoms. The molecule has 0 heterocycles. The molecule has 4 rings (SSSR count). The number of benzene rings is 3. The summed E-state index contributed by atoms with van der Waals surface area (Å²) >= 11 is 0. The molecule has 0 amide bonds. The van der Waals surface area contributed by atoms with E-state index in [1.807, 2.05) is 30.3 Å². The molecule has 0 saturated carbocycles. The van der Waals surface area contributed by atoms with Gasteiger partial charge in [0.15, 0.2) is 17.3 Å². The van der Waals surface area contributed by atoms with Crippen molar-refractivity contribution in [3.8, 4) is 22.6 Å². The topological polar surface area (TPSA) is 57.5 Å². The van der Waals surface area contributed by atoms with E-state index in [2.05, 4.69) is 0 Å². The van der Waals surface area contributed by atoms with Gasteiger partial charge in [-0.05, 0) is 22.6 Å². The van der Waals surface area contributed by atoms with Crippen LogP contribution in [0.4, 0.5) is 0 Å². The Hall–Kier alpha value is -2.81. The number of carbonyl (C=O) groups excluding carboxylic acids is 1. The summed E-state index contributed by atoms with van der Waals surface area (Å²) in [6.45, 7) is 0. The normalized spacial score (nSPS) is 12.5. The van der Waals surface area contributed by atoms with Crippen molar-refractivity contribution in [2.75, 3.05) is 0 Å². The highest BCUT2D eigenvalue weighted by atomic mass is 16.3. The molecule has 0 aliphatic heterocycles. The van der Waals surface area contributed by atoms with Crippen LogP contribution in [0.2, 0.25) is 0 Å². The highest BCUT2D eigenvalue weighted by Crippen LogP contribution is 2.45. The monoisotopic (exact) mass is 262 g/mol. The SMILES string of the molecule is O=C1c2ccccc2-c2cccc3cc(O)c(O)c1c23. The van der Waals surface area contributed by atoms with Crippen molar-refractivity contribution in [2.24, 2.45) is 0 Å². The third-order valence-corrected chi connectivity index (χ3v) is 3.81. The molecular formula is C17H10O3. The van der Waals surface area contributed by atoms with Gasteiger partial charge in [-0.3, -0.25) is 4.79 Å². The molecule has 0 aromatic heterocycles. The second kappa shape index (κ2) is 3.61. The highest BCUT2D eigenvalue weighted by molar-refractivity contribution is 6.27. The standard InChI is InChI=1S/C17H10O3/c18-13-8-9-4-3-7-11-10-5-1-2-6-12(10)16(19)15(14(9)11)17(13)20/h1-8,18,20H. The van der Waals surface area contributed by atoms with Crippen molar-refractivity contribution in [2.45, 2.75) is 0 Å². The second-order valence-electron chi connectivity index (χ2n) is 4.90. The zero-order chi connectivity index (χ0) is 13.9. The van der Waals surface area contributed by atoms with E-state index in [1.165, 1.54) is 6.07 Å². The number of fused-ring (bicyclic) bond motifs is 2. The molecule has 0 atom stereocenters. The number of phenols is 2. The third kappa shape index (κ3) is 1.21. The van der Waals surface area contributed by atoms with Crippen LogP contribution in [-0.4, -0.2) is 16.0 Å². The molecule has 0 fully saturated rings. The first-order chi connectivity index (χ1) is 9.68. The van der Waals surface area contributed by atoms with Crippen molar-refractivity contribution in [1.29, 1.82) is 0 Å². The van der Waals surface area contributed by atoms with Crippen LogP contribution in [0.15, 0.2) is 48.5 Å². The largest absolute Gasteiger partial charge is 0.504 e. The van der Waals surface area contributed by atoms with Gasteiger partial charge in [0, 0.05) is 10.9 Å². The number of aromatic hydroxyl groups is 2. The third-order valence-electron chi connectivity index (χ3n) is 3.81. The maximum Gasteiger partial charge on any atom is 0.198 e. The number of phenolic OH excluding ortho intramolecular Hbond substituents is 2. The average Bonchev–Trinajstić information content (AvgIpc) is 2.47. The summed E-state index contributed by atoms with van der Waals surface area (Å²) in [4.78, 5) is 12.6. The van der Waals surface area contributed by atoms with Crippen LogP contribution in [0.25, 0.3) is 21.9 Å². The van der Waals surface area contributed by atoms with Crippen LogP contribution in [-0.2, 0) is 0 Å². The van der Waals surface area contributed by atoms with Gasteiger partial charge in [0.2, 0.25) is 0 Å². The van der Waals surface area contributed by atoms with Crippen molar-refractivity contribution in [1.82, 2.24) is 0 Å². The van der Waals surface area contributed by atoms with E-state index in [-0.39, 0.29) is 22.8 Å². The van der Waals surface area contributed by atoms with Crippen LogP contribution < -0.4 is 0 Å². The van der Waals surface area contributed by atoms with Crippen LogP contribution in [0, 0.1) is 0 Å². The lowest BCUT2D eigenvalue weighted by Gasteiger charge is -2.20. The van der Waals surface area contributed by atoms with Crippen molar-refractivity contribution in [3.63, 3.8) is 0 Å². The first-order valence-corrected chi connectivity index (χ1v) is 6.30. The molecule has 0 spiro atoms. The maximum absolute atomic E-state index is 12.6. The van der Waals surface area contributed by atoms with Gasteiger partial charge in [0.1, 0.15) is 0 Å². The zero-order valence-electron chi connectivity index (χ0n) is 10.4. The highest BCUT2D eigenvalue weighted by Gasteiger charge is 2.28. The Kier molecular flexibility index (Phi) is 1.99. The second-order valence-corrected chi connectivity index (χ2v) is 4.90. The molecule has 96 valence electrons. The molecular weight excluding hydrogens is 252 g/mol. The molecule has 2 N–H and O–H groups in total. The van der Waals surface area contributed by atoms with Crippen LogP contribution in [0.5, 0.6) is 11.5 Å². The Bertz CT molecular complexity index is 894. The minimum Gasteiger partial charge on any atom is -0.504 e. The molecule has 0 radical (unpaired) electrons. The number of ketones is 1. The minimum atomic E-state index is -0.343. The fourth-order valence-corrected chi connectivity index (χ4v) is 2.93. The van der Waals surface area contributed by atoms with Gasteiger partial charge in [-0.25, -0.2) is 0 Å². The van der Waals surface area contributed by atoms with Gasteiger partial charge in [0.05, 0.1) is 5.56 Å². The van der Waals surface area contributed by atoms with Crippen LogP contribution in [0.3, 0.4) is 0 Å². The van der Waals surface area contributed by atoms with Crippen molar-refractivity contribution in [3.05, 3.63) is 59.7 Å². The van der Waals surface area contributed by atoms with E-state index in [4.69, 9.17) is 0 Å². The Balaban J connectivity index is 2.30. The number of carbonyl (C=O) groups is 1. The van der Waals surface area contributed by atoms with E-state index < -0.39 is 0 Å². The lowest BCUT2D eigenvalue weighted by atomic mass is 9.82. The number of rotatable bonds is 0. The summed E-state index contributed by atoms with van der Waals surface area (Å²) < 4.78 is 0. The first-order valence-electron chi connectivity index (χ1n) is 6.30. The lowest BCUT2D eigenvalue weighted by molar-refractivity contribution is 0.103. The predicted octanol–water partition coefficient (Wildman–Crippen LogP) is 3.46. The van der Waals surface area contributed by atoms with Crippen molar-refractivity contribution < 1.29 is 15.0 Å². The number of hydrogen-bond donors (Lipinski definition) is 2.